The number of hydrogen-bond acceptors (Lipinski definition) is 4. The molecule has 1 rings (SSSR count). The summed E-state index contributed by atoms with van der Waals surface area (Å²) in [6.45, 7) is 1.42. The highest BCUT2D eigenvalue weighted by atomic mass is 35.5. The molecule has 7 heteroatoms. The van der Waals surface area contributed by atoms with Gasteiger partial charge in [0.15, 0.2) is 0 Å². The third-order valence-electron chi connectivity index (χ3n) is 2.01. The minimum absolute atomic E-state index is 0.118. The van der Waals surface area contributed by atoms with E-state index in [2.05, 4.69) is 5.32 Å². The number of amides is 1. The van der Waals surface area contributed by atoms with E-state index in [4.69, 9.17) is 16.9 Å². The van der Waals surface area contributed by atoms with Gasteiger partial charge in [0.1, 0.15) is 5.92 Å². The van der Waals surface area contributed by atoms with Crippen molar-refractivity contribution < 1.29 is 9.72 Å². The van der Waals surface area contributed by atoms with Crippen molar-refractivity contribution in [2.75, 3.05) is 5.32 Å². The van der Waals surface area contributed by atoms with Gasteiger partial charge >= 0.3 is 0 Å². The van der Waals surface area contributed by atoms with E-state index >= 15 is 0 Å². The van der Waals surface area contributed by atoms with Crippen LogP contribution in [0.4, 0.5) is 11.4 Å². The predicted molar refractivity (Wildman–Crippen MR) is 61.5 cm³/mol. The molecule has 0 fully saturated rings. The second-order valence-electron chi connectivity index (χ2n) is 3.26. The van der Waals surface area contributed by atoms with E-state index in [1.807, 2.05) is 0 Å². The Morgan fingerprint density at radius 2 is 2.29 bits per heavy atom. The van der Waals surface area contributed by atoms with E-state index in [9.17, 15) is 14.9 Å². The zero-order valence-corrected chi connectivity index (χ0v) is 9.56. The van der Waals surface area contributed by atoms with Crippen LogP contribution in [0, 0.1) is 27.4 Å². The molecule has 0 spiro atoms. The minimum Gasteiger partial charge on any atom is -0.323 e. The molecule has 1 atom stereocenters. The Morgan fingerprint density at radius 1 is 1.65 bits per heavy atom. The van der Waals surface area contributed by atoms with Gasteiger partial charge < -0.3 is 5.32 Å². The first-order chi connectivity index (χ1) is 7.95. The summed E-state index contributed by atoms with van der Waals surface area (Å²) < 4.78 is 0. The van der Waals surface area contributed by atoms with Gasteiger partial charge in [-0.15, -0.1) is 0 Å². The number of carbonyl (C=O) groups excluding carboxylic acids is 1. The Kier molecular flexibility index (Phi) is 4.01. The maximum Gasteiger partial charge on any atom is 0.271 e. The largest absolute Gasteiger partial charge is 0.323 e. The zero-order valence-electron chi connectivity index (χ0n) is 8.81. The first-order valence-electron chi connectivity index (χ1n) is 4.60. The molecule has 6 nitrogen and oxygen atoms in total. The van der Waals surface area contributed by atoms with Crippen LogP contribution in [0.1, 0.15) is 6.92 Å². The van der Waals surface area contributed by atoms with Gasteiger partial charge in [-0.2, -0.15) is 5.26 Å². The van der Waals surface area contributed by atoms with Crippen LogP contribution >= 0.6 is 11.6 Å². The van der Waals surface area contributed by atoms with Crippen LogP contribution < -0.4 is 5.32 Å². The summed E-state index contributed by atoms with van der Waals surface area (Å²) in [6.07, 6.45) is 0. The molecule has 0 saturated heterocycles. The van der Waals surface area contributed by atoms with Crippen LogP contribution in [0.3, 0.4) is 0 Å². The number of nitro benzene ring substituents is 1. The van der Waals surface area contributed by atoms with Gasteiger partial charge in [0.2, 0.25) is 5.91 Å². The van der Waals surface area contributed by atoms with E-state index in [1.165, 1.54) is 19.1 Å². The number of nitrogens with one attached hydrogen (secondary N) is 1. The lowest BCUT2D eigenvalue weighted by Crippen LogP contribution is -2.19. The summed E-state index contributed by atoms with van der Waals surface area (Å²) in [4.78, 5) is 21.4. The fourth-order valence-corrected chi connectivity index (χ4v) is 1.19. The van der Waals surface area contributed by atoms with Gasteiger partial charge in [-0.1, -0.05) is 11.6 Å². The molecule has 0 aliphatic carbocycles. The molecule has 0 aliphatic rings. The van der Waals surface area contributed by atoms with Crippen molar-refractivity contribution in [3.8, 4) is 6.07 Å². The lowest BCUT2D eigenvalue weighted by molar-refractivity contribution is -0.384. The molecule has 0 bridgehead atoms. The first-order valence-corrected chi connectivity index (χ1v) is 4.98. The number of carbonyl (C=O) groups is 1. The molecule has 0 heterocycles. The number of rotatable bonds is 3. The topological polar surface area (TPSA) is 96.0 Å². The predicted octanol–water partition coefficient (Wildman–Crippen LogP) is 2.35. The molecular weight excluding hydrogens is 246 g/mol. The van der Waals surface area contributed by atoms with Crippen LogP contribution in [0.25, 0.3) is 0 Å². The third-order valence-corrected chi connectivity index (χ3v) is 2.34. The van der Waals surface area contributed by atoms with E-state index in [-0.39, 0.29) is 16.4 Å². The second-order valence-corrected chi connectivity index (χ2v) is 3.67. The third kappa shape index (κ3) is 3.16. The Hall–Kier alpha value is -2.13. The Bertz CT molecular complexity index is 510. The van der Waals surface area contributed by atoms with Gasteiger partial charge in [0, 0.05) is 12.1 Å². The van der Waals surface area contributed by atoms with Crippen LogP contribution in [0.15, 0.2) is 18.2 Å². The first kappa shape index (κ1) is 12.9. The molecule has 0 aliphatic heterocycles. The number of halogens is 1. The summed E-state index contributed by atoms with van der Waals surface area (Å²) in [5.74, 6) is -1.42. The normalized spacial score (nSPS) is 11.4. The van der Waals surface area contributed by atoms with Gasteiger partial charge in [-0.25, -0.2) is 0 Å². The quantitative estimate of drug-likeness (QED) is 0.660. The van der Waals surface area contributed by atoms with Gasteiger partial charge in [0.05, 0.1) is 21.7 Å². The number of benzene rings is 1. The fourth-order valence-electron chi connectivity index (χ4n) is 1.02. The highest BCUT2D eigenvalue weighted by Crippen LogP contribution is 2.26. The van der Waals surface area contributed by atoms with Crippen molar-refractivity contribution in [2.45, 2.75) is 6.92 Å². The van der Waals surface area contributed by atoms with Crippen molar-refractivity contribution in [1.29, 1.82) is 5.26 Å². The van der Waals surface area contributed by atoms with Crippen molar-refractivity contribution in [2.24, 2.45) is 5.92 Å². The molecule has 1 aromatic rings. The second kappa shape index (κ2) is 5.27. The maximum absolute atomic E-state index is 11.4. The number of hydrogen-bond donors (Lipinski definition) is 1. The van der Waals surface area contributed by atoms with E-state index in [1.54, 1.807) is 6.07 Å². The van der Waals surface area contributed by atoms with Crippen LogP contribution in [-0.2, 0) is 4.79 Å². The molecule has 0 radical (unpaired) electrons. The molecule has 1 aromatic carbocycles. The smallest absolute Gasteiger partial charge is 0.271 e. The summed E-state index contributed by atoms with van der Waals surface area (Å²) in [5, 5.41) is 21.6. The average Bonchev–Trinajstić information content (AvgIpc) is 2.30. The van der Waals surface area contributed by atoms with Gasteiger partial charge in [0.25, 0.3) is 5.69 Å². The van der Waals surface area contributed by atoms with E-state index in [0.717, 1.165) is 6.07 Å². The molecule has 0 aromatic heterocycles. The van der Waals surface area contributed by atoms with Crippen LogP contribution in [0.2, 0.25) is 5.02 Å². The summed E-state index contributed by atoms with van der Waals surface area (Å²) in [6, 6.07) is 5.44. The highest BCUT2D eigenvalue weighted by Gasteiger charge is 2.15. The molecule has 0 saturated carbocycles. The number of anilines is 1. The van der Waals surface area contributed by atoms with Crippen molar-refractivity contribution in [1.82, 2.24) is 0 Å². The van der Waals surface area contributed by atoms with Crippen molar-refractivity contribution in [3.05, 3.63) is 33.3 Å². The number of nitrogens with zero attached hydrogens (tertiary/aromatic N) is 2. The van der Waals surface area contributed by atoms with E-state index < -0.39 is 16.7 Å². The van der Waals surface area contributed by atoms with Crippen LogP contribution in [0.5, 0.6) is 0 Å². The highest BCUT2D eigenvalue weighted by molar-refractivity contribution is 6.33. The van der Waals surface area contributed by atoms with Crippen LogP contribution in [-0.4, -0.2) is 10.8 Å². The summed E-state index contributed by atoms with van der Waals surface area (Å²) in [7, 11) is 0. The lowest BCUT2D eigenvalue weighted by Gasteiger charge is -2.07. The zero-order chi connectivity index (χ0) is 13.0. The fraction of sp³-hybridized carbons (Fsp3) is 0.200. The Labute approximate surface area is 102 Å². The van der Waals surface area contributed by atoms with Crippen molar-refractivity contribution >= 4 is 28.9 Å². The summed E-state index contributed by atoms with van der Waals surface area (Å²) >= 11 is 5.77. The molecular formula is C10H8ClN3O3. The van der Waals surface area contributed by atoms with Crippen molar-refractivity contribution in [3.63, 3.8) is 0 Å². The van der Waals surface area contributed by atoms with E-state index in [0.29, 0.717) is 0 Å². The number of nitro groups is 1. The minimum atomic E-state index is -0.856. The number of nitriles is 1. The molecule has 1 unspecified atom stereocenters. The SMILES string of the molecule is CC(C#N)C(=O)Nc1cc([N+](=O)[O-])ccc1Cl. The van der Waals surface area contributed by atoms with Gasteiger partial charge in [-0.3, -0.25) is 14.9 Å². The Morgan fingerprint density at radius 3 is 2.82 bits per heavy atom. The molecule has 17 heavy (non-hydrogen) atoms. The monoisotopic (exact) mass is 253 g/mol. The molecule has 88 valence electrons. The van der Waals surface area contributed by atoms with Gasteiger partial charge in [-0.05, 0) is 13.0 Å². The Balaban J connectivity index is 2.99. The average molecular weight is 254 g/mol. The lowest BCUT2D eigenvalue weighted by atomic mass is 10.2. The summed E-state index contributed by atoms with van der Waals surface area (Å²) in [5.41, 5.74) is -0.0673. The molecule has 1 N–H and O–H groups in total. The maximum atomic E-state index is 11.4. The standard InChI is InChI=1S/C10H8ClN3O3/c1-6(5-12)10(15)13-9-4-7(14(16)17)2-3-8(9)11/h2-4,6H,1H3,(H,13,15). The number of non-ortho nitro benzene ring substituents is 1. The molecule has 1 amide bonds.